The molecule has 1 amide bonds. The molecule has 0 spiro atoms. The second kappa shape index (κ2) is 3.80. The third kappa shape index (κ3) is 3.61. The predicted octanol–water partition coefficient (Wildman–Crippen LogP) is 0.527. The van der Waals surface area contributed by atoms with E-state index in [1.54, 1.807) is 0 Å². The molecule has 0 rings (SSSR count). The Labute approximate surface area is 69.8 Å². The molecule has 0 aromatic carbocycles. The molecule has 1 unspecified atom stereocenters. The summed E-state index contributed by atoms with van der Waals surface area (Å²) >= 11 is 0. The second-order valence-electron chi connectivity index (χ2n) is 3.18. The number of carbonyl (C=O) groups is 1. The molecule has 72 valence electrons. The van der Waals surface area contributed by atoms with Crippen LogP contribution >= 0.6 is 0 Å². The van der Waals surface area contributed by atoms with Gasteiger partial charge in [0.2, 0.25) is 0 Å². The van der Waals surface area contributed by atoms with E-state index in [1.807, 2.05) is 5.32 Å². The monoisotopic (exact) mass is 181 g/mol. The number of aliphatic hydroxyl groups is 1. The third-order valence-electron chi connectivity index (χ3n) is 1.62. The fourth-order valence-corrected chi connectivity index (χ4v) is 0.453. The van der Waals surface area contributed by atoms with Gasteiger partial charge in [0.15, 0.2) is 0 Å². The molecule has 0 fully saturated rings. The summed E-state index contributed by atoms with van der Waals surface area (Å²) < 4.78 is 23.4. The van der Waals surface area contributed by atoms with E-state index in [0.29, 0.717) is 0 Å². The Bertz CT molecular complexity index is 165. The van der Waals surface area contributed by atoms with Crippen LogP contribution in [-0.4, -0.2) is 29.1 Å². The van der Waals surface area contributed by atoms with Crippen LogP contribution in [0.1, 0.15) is 20.8 Å². The summed E-state index contributed by atoms with van der Waals surface area (Å²) in [5.74, 6) is -1.36. The summed E-state index contributed by atoms with van der Waals surface area (Å²) in [7, 11) is 0. The molecular formula is C7H13F2NO2. The lowest BCUT2D eigenvalue weighted by atomic mass is 10.0. The molecule has 12 heavy (non-hydrogen) atoms. The molecule has 0 saturated heterocycles. The van der Waals surface area contributed by atoms with Crippen LogP contribution in [0.2, 0.25) is 0 Å². The molecule has 5 heteroatoms. The van der Waals surface area contributed by atoms with Crippen LogP contribution < -0.4 is 5.32 Å². The Balaban J connectivity index is 4.02. The minimum atomic E-state index is -3.03. The van der Waals surface area contributed by atoms with Gasteiger partial charge in [-0.3, -0.25) is 4.79 Å². The smallest absolute Gasteiger partial charge is 0.315 e. The normalized spacial score (nSPS) is 14.6. The zero-order valence-corrected chi connectivity index (χ0v) is 7.27. The number of rotatable bonds is 3. The summed E-state index contributed by atoms with van der Waals surface area (Å²) in [5.41, 5.74) is -1.19. The zero-order valence-electron chi connectivity index (χ0n) is 7.27. The molecule has 0 aliphatic carbocycles. The van der Waals surface area contributed by atoms with Crippen molar-refractivity contribution in [2.45, 2.75) is 38.8 Å². The maximum atomic E-state index is 11.7. The van der Waals surface area contributed by atoms with Crippen molar-refractivity contribution in [1.29, 1.82) is 0 Å². The van der Waals surface area contributed by atoms with Gasteiger partial charge in [0.05, 0.1) is 11.6 Å². The Hall–Kier alpha value is -0.710. The van der Waals surface area contributed by atoms with Gasteiger partial charge >= 0.3 is 6.43 Å². The highest BCUT2D eigenvalue weighted by atomic mass is 19.3. The van der Waals surface area contributed by atoms with Crippen molar-refractivity contribution in [1.82, 2.24) is 5.32 Å². The standard InChI is InChI=1S/C7H13F2NO2/c1-4(7(2,3)12)10-6(11)5(8)9/h4-5,12H,1-3H3,(H,10,11). The number of alkyl halides is 2. The van der Waals surface area contributed by atoms with Crippen molar-refractivity contribution in [2.24, 2.45) is 0 Å². The van der Waals surface area contributed by atoms with Crippen LogP contribution in [0.15, 0.2) is 0 Å². The predicted molar refractivity (Wildman–Crippen MR) is 39.9 cm³/mol. The largest absolute Gasteiger partial charge is 0.388 e. The molecule has 0 aromatic rings. The van der Waals surface area contributed by atoms with Crippen molar-refractivity contribution in [2.75, 3.05) is 0 Å². The summed E-state index contributed by atoms with van der Waals surface area (Å²) in [6, 6.07) is -0.695. The van der Waals surface area contributed by atoms with Crippen LogP contribution in [0.4, 0.5) is 8.78 Å². The minimum absolute atomic E-state index is 0.695. The lowest BCUT2D eigenvalue weighted by Crippen LogP contribution is -2.48. The third-order valence-corrected chi connectivity index (χ3v) is 1.62. The number of hydrogen-bond acceptors (Lipinski definition) is 2. The quantitative estimate of drug-likeness (QED) is 0.667. The highest BCUT2D eigenvalue weighted by molar-refractivity contribution is 5.79. The number of hydrogen-bond donors (Lipinski definition) is 2. The Kier molecular flexibility index (Phi) is 3.57. The highest BCUT2D eigenvalue weighted by Gasteiger charge is 2.26. The van der Waals surface area contributed by atoms with E-state index in [9.17, 15) is 18.7 Å². The average molecular weight is 181 g/mol. The summed E-state index contributed by atoms with van der Waals surface area (Å²) in [6.07, 6.45) is -3.03. The van der Waals surface area contributed by atoms with E-state index in [-0.39, 0.29) is 0 Å². The average Bonchev–Trinajstić information content (AvgIpc) is 1.85. The first-order valence-electron chi connectivity index (χ1n) is 3.56. The number of halogens is 2. The SMILES string of the molecule is CC(NC(=O)C(F)F)C(C)(C)O. The first-order valence-corrected chi connectivity index (χ1v) is 3.56. The molecule has 0 aliphatic heterocycles. The lowest BCUT2D eigenvalue weighted by molar-refractivity contribution is -0.134. The van der Waals surface area contributed by atoms with Gasteiger partial charge in [-0.2, -0.15) is 8.78 Å². The summed E-state index contributed by atoms with van der Waals surface area (Å²) in [4.78, 5) is 10.4. The van der Waals surface area contributed by atoms with Gasteiger partial charge < -0.3 is 10.4 Å². The second-order valence-corrected chi connectivity index (χ2v) is 3.18. The Morgan fingerprint density at radius 1 is 1.50 bits per heavy atom. The molecule has 0 radical (unpaired) electrons. The van der Waals surface area contributed by atoms with Crippen molar-refractivity contribution in [3.05, 3.63) is 0 Å². The molecular weight excluding hydrogens is 168 g/mol. The molecule has 3 nitrogen and oxygen atoms in total. The lowest BCUT2D eigenvalue weighted by Gasteiger charge is -2.26. The van der Waals surface area contributed by atoms with Crippen molar-refractivity contribution >= 4 is 5.91 Å². The molecule has 0 aliphatic rings. The van der Waals surface area contributed by atoms with Crippen molar-refractivity contribution in [3.8, 4) is 0 Å². The van der Waals surface area contributed by atoms with Gasteiger partial charge in [0.1, 0.15) is 0 Å². The number of nitrogens with one attached hydrogen (secondary N) is 1. The van der Waals surface area contributed by atoms with E-state index < -0.39 is 24.0 Å². The summed E-state index contributed by atoms with van der Waals surface area (Å²) in [5, 5.41) is 11.2. The number of amides is 1. The first kappa shape index (κ1) is 11.3. The van der Waals surface area contributed by atoms with E-state index in [0.717, 1.165) is 0 Å². The van der Waals surface area contributed by atoms with Crippen LogP contribution in [0.5, 0.6) is 0 Å². The van der Waals surface area contributed by atoms with Gasteiger partial charge in [-0.1, -0.05) is 0 Å². The maximum Gasteiger partial charge on any atom is 0.315 e. The van der Waals surface area contributed by atoms with E-state index in [1.165, 1.54) is 20.8 Å². The van der Waals surface area contributed by atoms with Crippen LogP contribution in [-0.2, 0) is 4.79 Å². The van der Waals surface area contributed by atoms with Gasteiger partial charge in [-0.15, -0.1) is 0 Å². The summed E-state index contributed by atoms with van der Waals surface area (Å²) in [6.45, 7) is 4.33. The topological polar surface area (TPSA) is 49.3 Å². The first-order chi connectivity index (χ1) is 5.25. The van der Waals surface area contributed by atoms with E-state index in [4.69, 9.17) is 0 Å². The molecule has 2 N–H and O–H groups in total. The molecule has 0 bridgehead atoms. The highest BCUT2D eigenvalue weighted by Crippen LogP contribution is 2.07. The molecule has 0 aromatic heterocycles. The van der Waals surface area contributed by atoms with Gasteiger partial charge in [0, 0.05) is 0 Å². The maximum absolute atomic E-state index is 11.7. The molecule has 0 heterocycles. The van der Waals surface area contributed by atoms with E-state index in [2.05, 4.69) is 0 Å². The fraction of sp³-hybridized carbons (Fsp3) is 0.857. The van der Waals surface area contributed by atoms with Gasteiger partial charge in [-0.05, 0) is 20.8 Å². The Morgan fingerprint density at radius 3 is 2.17 bits per heavy atom. The van der Waals surface area contributed by atoms with Crippen LogP contribution in [0.3, 0.4) is 0 Å². The Morgan fingerprint density at radius 2 is 1.92 bits per heavy atom. The number of carbonyl (C=O) groups excluding carboxylic acids is 1. The van der Waals surface area contributed by atoms with Crippen LogP contribution in [0.25, 0.3) is 0 Å². The molecule has 0 saturated carbocycles. The van der Waals surface area contributed by atoms with Crippen molar-refractivity contribution in [3.63, 3.8) is 0 Å². The molecule has 1 atom stereocenters. The zero-order chi connectivity index (χ0) is 9.94. The van der Waals surface area contributed by atoms with Gasteiger partial charge in [-0.25, -0.2) is 0 Å². The minimum Gasteiger partial charge on any atom is -0.388 e. The van der Waals surface area contributed by atoms with Gasteiger partial charge in [0.25, 0.3) is 5.91 Å². The van der Waals surface area contributed by atoms with Crippen LogP contribution in [0, 0.1) is 0 Å². The van der Waals surface area contributed by atoms with Crippen molar-refractivity contribution < 1.29 is 18.7 Å². The fourth-order valence-electron chi connectivity index (χ4n) is 0.453. The van der Waals surface area contributed by atoms with E-state index >= 15 is 0 Å².